The first-order valence-corrected chi connectivity index (χ1v) is 9.75. The molecule has 1 aliphatic rings. The minimum atomic E-state index is -0.186. The van der Waals surface area contributed by atoms with Crippen LogP contribution < -0.4 is 0 Å². The molecule has 0 unspecified atom stereocenters. The zero-order chi connectivity index (χ0) is 16.0. The van der Waals surface area contributed by atoms with Crippen molar-refractivity contribution in [1.82, 2.24) is 4.98 Å². The van der Waals surface area contributed by atoms with E-state index < -0.39 is 0 Å². The van der Waals surface area contributed by atoms with Gasteiger partial charge < -0.3 is 9.72 Å². The van der Waals surface area contributed by atoms with Crippen LogP contribution in [0.15, 0.2) is 28.5 Å². The number of thioether (sulfide) groups is 1. The third-order valence-corrected chi connectivity index (χ3v) is 6.64. The van der Waals surface area contributed by atoms with Gasteiger partial charge in [0.15, 0.2) is 0 Å². The van der Waals surface area contributed by atoms with E-state index in [9.17, 15) is 4.79 Å². The number of carbonyl (C=O) groups is 1. The van der Waals surface area contributed by atoms with Crippen LogP contribution in [0, 0.1) is 0 Å². The van der Waals surface area contributed by atoms with Crippen molar-refractivity contribution in [3.8, 4) is 11.3 Å². The fourth-order valence-electron chi connectivity index (χ4n) is 3.36. The van der Waals surface area contributed by atoms with E-state index in [0.29, 0.717) is 6.61 Å². The predicted molar refractivity (Wildman–Crippen MR) is 96.8 cm³/mol. The molecule has 5 heteroatoms. The average Bonchev–Trinajstić information content (AvgIpc) is 3.13. The van der Waals surface area contributed by atoms with Crippen LogP contribution in [0.3, 0.4) is 0 Å². The van der Waals surface area contributed by atoms with Gasteiger partial charge in [0.2, 0.25) is 0 Å². The number of fused-ring (bicyclic) bond motifs is 5. The van der Waals surface area contributed by atoms with Crippen molar-refractivity contribution in [1.29, 1.82) is 0 Å². The van der Waals surface area contributed by atoms with Crippen LogP contribution in [0.5, 0.6) is 0 Å². The highest BCUT2D eigenvalue weighted by Crippen LogP contribution is 2.47. The summed E-state index contributed by atoms with van der Waals surface area (Å²) in [6.45, 7) is 2.26. The minimum Gasteiger partial charge on any atom is -0.462 e. The maximum absolute atomic E-state index is 12.3. The molecule has 2 aromatic heterocycles. The van der Waals surface area contributed by atoms with Crippen molar-refractivity contribution in [2.75, 3.05) is 12.9 Å². The predicted octanol–water partition coefficient (Wildman–Crippen LogP) is 4.89. The molecule has 118 valence electrons. The second kappa shape index (κ2) is 5.73. The lowest BCUT2D eigenvalue weighted by Gasteiger charge is -2.15. The summed E-state index contributed by atoms with van der Waals surface area (Å²) in [5.74, 6) is -0.186. The zero-order valence-electron chi connectivity index (χ0n) is 13.1. The molecular formula is C18H17NO2S2. The number of H-pyrrole nitrogens is 1. The van der Waals surface area contributed by atoms with Crippen LogP contribution >= 0.6 is 23.1 Å². The van der Waals surface area contributed by atoms with Gasteiger partial charge in [-0.2, -0.15) is 0 Å². The lowest BCUT2D eigenvalue weighted by molar-refractivity contribution is 0.0531. The summed E-state index contributed by atoms with van der Waals surface area (Å²) < 4.78 is 6.44. The van der Waals surface area contributed by atoms with Gasteiger partial charge in [-0.3, -0.25) is 0 Å². The van der Waals surface area contributed by atoms with Crippen molar-refractivity contribution >= 4 is 40.0 Å². The molecule has 0 aliphatic heterocycles. The lowest BCUT2D eigenvalue weighted by atomic mass is 9.90. The van der Waals surface area contributed by atoms with Crippen LogP contribution in [-0.4, -0.2) is 23.8 Å². The number of carbonyl (C=O) groups excluding carboxylic acids is 1. The quantitative estimate of drug-likeness (QED) is 0.543. The number of hydrogen-bond donors (Lipinski definition) is 1. The molecule has 0 saturated heterocycles. The largest absolute Gasteiger partial charge is 0.462 e. The number of benzene rings is 1. The van der Waals surface area contributed by atoms with E-state index in [1.165, 1.54) is 31.9 Å². The van der Waals surface area contributed by atoms with Crippen molar-refractivity contribution in [2.45, 2.75) is 24.0 Å². The molecule has 3 aromatic rings. The summed E-state index contributed by atoms with van der Waals surface area (Å²) in [5, 5.41) is 1.30. The second-order valence-electron chi connectivity index (χ2n) is 5.52. The van der Waals surface area contributed by atoms with Gasteiger partial charge in [-0.15, -0.1) is 23.1 Å². The van der Waals surface area contributed by atoms with Crippen LogP contribution in [0.2, 0.25) is 0 Å². The first kappa shape index (κ1) is 14.8. The summed E-state index contributed by atoms with van der Waals surface area (Å²) in [6, 6.07) is 8.43. The molecule has 0 spiro atoms. The summed E-state index contributed by atoms with van der Waals surface area (Å²) in [6.07, 6.45) is 3.93. The van der Waals surface area contributed by atoms with Gasteiger partial charge in [-0.1, -0.05) is 18.2 Å². The summed E-state index contributed by atoms with van der Waals surface area (Å²) in [4.78, 5) is 16.6. The van der Waals surface area contributed by atoms with E-state index in [1.807, 2.05) is 6.92 Å². The Morgan fingerprint density at radius 3 is 2.87 bits per heavy atom. The number of aromatic amines is 1. The van der Waals surface area contributed by atoms with Gasteiger partial charge in [0.05, 0.1) is 16.5 Å². The molecule has 1 aliphatic carbocycles. The van der Waals surface area contributed by atoms with Crippen LogP contribution in [0.4, 0.5) is 0 Å². The number of aromatic nitrogens is 1. The highest BCUT2D eigenvalue weighted by atomic mass is 32.2. The van der Waals surface area contributed by atoms with Crippen molar-refractivity contribution in [2.24, 2.45) is 0 Å². The van der Waals surface area contributed by atoms with E-state index in [0.717, 1.165) is 23.3 Å². The Morgan fingerprint density at radius 1 is 1.30 bits per heavy atom. The first-order chi connectivity index (χ1) is 11.2. The molecule has 0 atom stereocenters. The number of ether oxygens (including phenoxy) is 1. The molecule has 0 bridgehead atoms. The minimum absolute atomic E-state index is 0.186. The number of para-hydroxylation sites is 1. The molecule has 1 N–H and O–H groups in total. The van der Waals surface area contributed by atoms with Gasteiger partial charge in [0.25, 0.3) is 0 Å². The second-order valence-corrected chi connectivity index (χ2v) is 7.62. The summed E-state index contributed by atoms with van der Waals surface area (Å²) in [5.41, 5.74) is 6.08. The zero-order valence-corrected chi connectivity index (χ0v) is 14.7. The van der Waals surface area contributed by atoms with E-state index in [4.69, 9.17) is 4.74 Å². The summed E-state index contributed by atoms with van der Waals surface area (Å²) in [7, 11) is 0. The van der Waals surface area contributed by atoms with E-state index in [2.05, 4.69) is 35.5 Å². The Hall–Kier alpha value is -1.72. The third kappa shape index (κ3) is 2.22. The highest BCUT2D eigenvalue weighted by Gasteiger charge is 2.30. The number of rotatable bonds is 3. The van der Waals surface area contributed by atoms with Crippen molar-refractivity contribution < 1.29 is 9.53 Å². The topological polar surface area (TPSA) is 42.1 Å². The first-order valence-electron chi connectivity index (χ1n) is 7.71. The van der Waals surface area contributed by atoms with Gasteiger partial charge in [-0.25, -0.2) is 4.79 Å². The molecule has 0 saturated carbocycles. The number of thiophene rings is 1. The summed E-state index contributed by atoms with van der Waals surface area (Å²) >= 11 is 3.27. The molecule has 2 heterocycles. The molecule has 4 rings (SSSR count). The maximum atomic E-state index is 12.3. The molecule has 23 heavy (non-hydrogen) atoms. The smallest absolute Gasteiger partial charge is 0.348 e. The number of hydrogen-bond acceptors (Lipinski definition) is 4. The monoisotopic (exact) mass is 343 g/mol. The van der Waals surface area contributed by atoms with Crippen LogP contribution in [0.25, 0.3) is 22.2 Å². The van der Waals surface area contributed by atoms with Crippen LogP contribution in [-0.2, 0) is 17.6 Å². The molecule has 0 fully saturated rings. The number of nitrogens with one attached hydrogen (secondary N) is 1. The average molecular weight is 343 g/mol. The third-order valence-electron chi connectivity index (χ3n) is 4.31. The van der Waals surface area contributed by atoms with Crippen molar-refractivity contribution in [3.05, 3.63) is 40.3 Å². The number of aryl methyl sites for hydroxylation is 1. The molecule has 0 radical (unpaired) electrons. The molecule has 0 amide bonds. The van der Waals surface area contributed by atoms with E-state index in [1.54, 1.807) is 23.1 Å². The Kier molecular flexibility index (Phi) is 3.70. The maximum Gasteiger partial charge on any atom is 0.348 e. The SMILES string of the molecule is CCOC(=O)c1sc(SC)c2c1CCc1c-2[nH]c2ccccc12. The fourth-order valence-corrected chi connectivity index (χ4v) is 5.36. The Balaban J connectivity index is 1.95. The highest BCUT2D eigenvalue weighted by molar-refractivity contribution is 8.00. The Morgan fingerprint density at radius 2 is 2.09 bits per heavy atom. The standard InChI is InChI=1S/C18H17NO2S2/c1-3-21-17(20)16-12-9-8-11-10-6-4-5-7-13(10)19-15(11)14(12)18(22-2)23-16/h4-7,19H,3,8-9H2,1-2H3. The lowest BCUT2D eigenvalue weighted by Crippen LogP contribution is -2.09. The normalized spacial score (nSPS) is 13.0. The number of esters is 1. The molecule has 1 aromatic carbocycles. The fraction of sp³-hybridized carbons (Fsp3) is 0.278. The Bertz CT molecular complexity index is 907. The van der Waals surface area contributed by atoms with Gasteiger partial charge in [-0.05, 0) is 43.2 Å². The van der Waals surface area contributed by atoms with E-state index >= 15 is 0 Å². The molecular weight excluding hydrogens is 326 g/mol. The van der Waals surface area contributed by atoms with Gasteiger partial charge in [0.1, 0.15) is 4.88 Å². The van der Waals surface area contributed by atoms with E-state index in [-0.39, 0.29) is 5.97 Å². The van der Waals surface area contributed by atoms with Gasteiger partial charge in [0, 0.05) is 16.5 Å². The van der Waals surface area contributed by atoms with Crippen molar-refractivity contribution in [3.63, 3.8) is 0 Å². The molecule has 3 nitrogen and oxygen atoms in total. The van der Waals surface area contributed by atoms with Gasteiger partial charge >= 0.3 is 5.97 Å². The van der Waals surface area contributed by atoms with Crippen LogP contribution in [0.1, 0.15) is 27.7 Å². The Labute approximate surface area is 143 Å².